The van der Waals surface area contributed by atoms with Gasteiger partial charge in [0.2, 0.25) is 5.91 Å². The van der Waals surface area contributed by atoms with Gasteiger partial charge in [-0.15, -0.1) is 0 Å². The topological polar surface area (TPSA) is 75.7 Å². The van der Waals surface area contributed by atoms with Gasteiger partial charge in [-0.05, 0) is 30.4 Å². The largest absolute Gasteiger partial charge is 0.379 e. The van der Waals surface area contributed by atoms with Crippen LogP contribution in [0.5, 0.6) is 0 Å². The SMILES string of the molecule is O=C(NS(=O)(=O)N1CCOCC1)[C@@H]1C[C@@]12CCc1ccccc12. The Bertz CT molecular complexity index is 742. The van der Waals surface area contributed by atoms with Gasteiger partial charge in [-0.25, -0.2) is 4.72 Å². The van der Waals surface area contributed by atoms with Gasteiger partial charge in [0.1, 0.15) is 0 Å². The van der Waals surface area contributed by atoms with E-state index in [1.807, 2.05) is 12.1 Å². The second kappa shape index (κ2) is 5.29. The highest BCUT2D eigenvalue weighted by Gasteiger charge is 2.61. The maximum Gasteiger partial charge on any atom is 0.303 e. The molecule has 7 heteroatoms. The number of carbonyl (C=O) groups excluding carboxylic acids is 1. The number of fused-ring (bicyclic) bond motifs is 2. The van der Waals surface area contributed by atoms with Crippen LogP contribution < -0.4 is 4.72 Å². The summed E-state index contributed by atoms with van der Waals surface area (Å²) >= 11 is 0. The first-order valence-electron chi connectivity index (χ1n) is 8.01. The summed E-state index contributed by atoms with van der Waals surface area (Å²) in [5, 5.41) is 0. The summed E-state index contributed by atoms with van der Waals surface area (Å²) < 4.78 is 33.3. The maximum absolute atomic E-state index is 12.5. The molecule has 1 aliphatic heterocycles. The monoisotopic (exact) mass is 336 g/mol. The van der Waals surface area contributed by atoms with E-state index in [0.717, 1.165) is 19.3 Å². The van der Waals surface area contributed by atoms with Crippen LogP contribution in [0.3, 0.4) is 0 Å². The van der Waals surface area contributed by atoms with E-state index < -0.39 is 10.2 Å². The molecule has 2 aliphatic carbocycles. The molecule has 1 heterocycles. The van der Waals surface area contributed by atoms with Crippen LogP contribution >= 0.6 is 0 Å². The van der Waals surface area contributed by atoms with Crippen LogP contribution in [0.1, 0.15) is 24.0 Å². The second-order valence-electron chi connectivity index (χ2n) is 6.55. The lowest BCUT2D eigenvalue weighted by Gasteiger charge is -2.26. The average molecular weight is 336 g/mol. The van der Waals surface area contributed by atoms with Crippen molar-refractivity contribution in [2.45, 2.75) is 24.7 Å². The number of nitrogens with one attached hydrogen (secondary N) is 1. The van der Waals surface area contributed by atoms with Crippen molar-refractivity contribution >= 4 is 16.1 Å². The van der Waals surface area contributed by atoms with Crippen LogP contribution in [0.15, 0.2) is 24.3 Å². The summed E-state index contributed by atoms with van der Waals surface area (Å²) in [6.07, 6.45) is 2.65. The van der Waals surface area contributed by atoms with Crippen molar-refractivity contribution in [2.75, 3.05) is 26.3 Å². The Morgan fingerprint density at radius 2 is 2.00 bits per heavy atom. The van der Waals surface area contributed by atoms with Crippen molar-refractivity contribution in [1.82, 2.24) is 9.03 Å². The number of nitrogens with zero attached hydrogens (tertiary/aromatic N) is 1. The normalized spacial score (nSPS) is 30.2. The zero-order chi connectivity index (χ0) is 16.1. The Hall–Kier alpha value is -1.44. The molecule has 1 aromatic carbocycles. The Morgan fingerprint density at radius 3 is 2.78 bits per heavy atom. The first-order chi connectivity index (χ1) is 11.0. The summed E-state index contributed by atoms with van der Waals surface area (Å²) in [4.78, 5) is 12.5. The van der Waals surface area contributed by atoms with E-state index in [0.29, 0.717) is 26.3 Å². The van der Waals surface area contributed by atoms with Crippen molar-refractivity contribution in [3.8, 4) is 0 Å². The molecule has 0 aromatic heterocycles. The maximum atomic E-state index is 12.5. The third kappa shape index (κ3) is 2.47. The molecule has 2 atom stereocenters. The molecule has 1 amide bonds. The van der Waals surface area contributed by atoms with Crippen LogP contribution in [-0.2, 0) is 31.6 Å². The van der Waals surface area contributed by atoms with Crippen molar-refractivity contribution in [2.24, 2.45) is 5.92 Å². The molecule has 3 aliphatic rings. The number of amides is 1. The summed E-state index contributed by atoms with van der Waals surface area (Å²) in [6.45, 7) is 1.33. The first-order valence-corrected chi connectivity index (χ1v) is 9.45. The number of ether oxygens (including phenoxy) is 1. The van der Waals surface area contributed by atoms with Gasteiger partial charge in [-0.1, -0.05) is 24.3 Å². The molecule has 1 spiro atoms. The fourth-order valence-corrected chi connectivity index (χ4v) is 5.14. The molecule has 1 saturated heterocycles. The molecule has 0 radical (unpaired) electrons. The highest BCUT2D eigenvalue weighted by Crippen LogP contribution is 2.61. The highest BCUT2D eigenvalue weighted by molar-refractivity contribution is 7.87. The van der Waals surface area contributed by atoms with E-state index in [9.17, 15) is 13.2 Å². The molecule has 0 unspecified atom stereocenters. The third-order valence-electron chi connectivity index (χ3n) is 5.33. The lowest BCUT2D eigenvalue weighted by Crippen LogP contribution is -2.49. The number of hydrogen-bond donors (Lipinski definition) is 1. The van der Waals surface area contributed by atoms with Crippen LogP contribution in [0.25, 0.3) is 0 Å². The molecule has 23 heavy (non-hydrogen) atoms. The Labute approximate surface area is 136 Å². The van der Waals surface area contributed by atoms with Crippen molar-refractivity contribution < 1.29 is 17.9 Å². The standard InChI is InChI=1S/C16H20N2O4S/c19-15(17-23(20,21)18-7-9-22-10-8-18)14-11-16(14)6-5-12-3-1-2-4-13(12)16/h1-4,14H,5-11H2,(H,17,19)/t14-,16+/m0/s1. The Kier molecular flexibility index (Phi) is 3.48. The fourth-order valence-electron chi connectivity index (χ4n) is 3.99. The average Bonchev–Trinajstić information content (AvgIpc) is 3.18. The molecule has 2 fully saturated rings. The minimum Gasteiger partial charge on any atom is -0.379 e. The molecular weight excluding hydrogens is 316 g/mol. The van der Waals surface area contributed by atoms with Gasteiger partial charge in [0.15, 0.2) is 0 Å². The number of aryl methyl sites for hydroxylation is 1. The number of morpholine rings is 1. The zero-order valence-electron chi connectivity index (χ0n) is 12.8. The zero-order valence-corrected chi connectivity index (χ0v) is 13.6. The van der Waals surface area contributed by atoms with Gasteiger partial charge in [0, 0.05) is 24.4 Å². The minimum atomic E-state index is -3.76. The smallest absolute Gasteiger partial charge is 0.303 e. The van der Waals surface area contributed by atoms with E-state index in [1.54, 1.807) is 0 Å². The summed E-state index contributed by atoms with van der Waals surface area (Å²) in [5.74, 6) is -0.602. The van der Waals surface area contributed by atoms with Gasteiger partial charge in [0.05, 0.1) is 13.2 Å². The van der Waals surface area contributed by atoms with Crippen molar-refractivity contribution in [1.29, 1.82) is 0 Å². The van der Waals surface area contributed by atoms with Gasteiger partial charge >= 0.3 is 10.2 Å². The quantitative estimate of drug-likeness (QED) is 0.876. The van der Waals surface area contributed by atoms with Crippen molar-refractivity contribution in [3.63, 3.8) is 0 Å². The Morgan fingerprint density at radius 1 is 1.26 bits per heavy atom. The van der Waals surface area contributed by atoms with Crippen LogP contribution in [-0.4, -0.2) is 44.9 Å². The molecule has 0 bridgehead atoms. The van der Waals surface area contributed by atoms with Gasteiger partial charge in [-0.2, -0.15) is 12.7 Å². The predicted molar refractivity (Wildman–Crippen MR) is 84.0 cm³/mol. The predicted octanol–water partition coefficient (Wildman–Crippen LogP) is 0.584. The molecule has 1 aromatic rings. The van der Waals surface area contributed by atoms with E-state index >= 15 is 0 Å². The van der Waals surface area contributed by atoms with E-state index in [1.165, 1.54) is 15.4 Å². The molecular formula is C16H20N2O4S. The summed E-state index contributed by atoms with van der Waals surface area (Å²) in [6, 6.07) is 8.18. The third-order valence-corrected chi connectivity index (χ3v) is 6.83. The van der Waals surface area contributed by atoms with E-state index in [2.05, 4.69) is 16.9 Å². The van der Waals surface area contributed by atoms with E-state index in [4.69, 9.17) is 4.74 Å². The van der Waals surface area contributed by atoms with Gasteiger partial charge < -0.3 is 4.74 Å². The highest BCUT2D eigenvalue weighted by atomic mass is 32.2. The molecule has 124 valence electrons. The Balaban J connectivity index is 1.48. The minimum absolute atomic E-state index is 0.138. The van der Waals surface area contributed by atoms with Crippen LogP contribution in [0.2, 0.25) is 0 Å². The lowest BCUT2D eigenvalue weighted by atomic mass is 9.95. The molecule has 1 saturated carbocycles. The molecule has 6 nitrogen and oxygen atoms in total. The van der Waals surface area contributed by atoms with Crippen LogP contribution in [0, 0.1) is 5.92 Å². The molecule has 1 N–H and O–H groups in total. The van der Waals surface area contributed by atoms with E-state index in [-0.39, 0.29) is 17.2 Å². The summed E-state index contributed by atoms with van der Waals surface area (Å²) in [7, 11) is -3.76. The van der Waals surface area contributed by atoms with Crippen LogP contribution in [0.4, 0.5) is 0 Å². The fraction of sp³-hybridized carbons (Fsp3) is 0.562. The van der Waals surface area contributed by atoms with Gasteiger partial charge in [0.25, 0.3) is 0 Å². The number of hydrogen-bond acceptors (Lipinski definition) is 4. The lowest BCUT2D eigenvalue weighted by molar-refractivity contribution is -0.121. The number of carbonyl (C=O) groups is 1. The van der Waals surface area contributed by atoms with Crippen molar-refractivity contribution in [3.05, 3.63) is 35.4 Å². The number of benzene rings is 1. The second-order valence-corrected chi connectivity index (χ2v) is 8.22. The molecule has 4 rings (SSSR count). The summed E-state index contributed by atoms with van der Waals surface area (Å²) in [5.41, 5.74) is 2.38. The van der Waals surface area contributed by atoms with Gasteiger partial charge in [-0.3, -0.25) is 4.79 Å². The first kappa shape index (κ1) is 15.1. The number of rotatable bonds is 3.